The molecule has 0 bridgehead atoms. The van der Waals surface area contributed by atoms with Crippen LogP contribution in [0.4, 0.5) is 5.88 Å². The Balaban J connectivity index is 1.57. The highest BCUT2D eigenvalue weighted by Gasteiger charge is 2.20. The molecule has 0 saturated heterocycles. The number of benzene rings is 1. The van der Waals surface area contributed by atoms with E-state index in [0.717, 1.165) is 32.1 Å². The molecule has 1 aliphatic carbocycles. The van der Waals surface area contributed by atoms with Gasteiger partial charge in [0.2, 0.25) is 5.27 Å². The second-order valence-corrected chi connectivity index (χ2v) is 6.44. The summed E-state index contributed by atoms with van der Waals surface area (Å²) in [6, 6.07) is 10.2. The Morgan fingerprint density at radius 3 is 2.83 bits per heavy atom. The van der Waals surface area contributed by atoms with Crippen LogP contribution in [0.3, 0.4) is 0 Å². The lowest BCUT2D eigenvalue weighted by Gasteiger charge is -2.20. The second kappa shape index (κ2) is 7.95. The van der Waals surface area contributed by atoms with Crippen molar-refractivity contribution in [2.24, 2.45) is 4.99 Å². The van der Waals surface area contributed by atoms with Crippen LogP contribution in [-0.2, 0) is 6.42 Å². The van der Waals surface area contributed by atoms with Crippen LogP contribution >= 0.6 is 0 Å². The zero-order chi connectivity index (χ0) is 16.8. The zero-order valence-corrected chi connectivity index (χ0v) is 14.0. The van der Waals surface area contributed by atoms with Gasteiger partial charge in [0.15, 0.2) is 6.04 Å². The van der Waals surface area contributed by atoms with Gasteiger partial charge in [-0.1, -0.05) is 49.6 Å². The molecule has 0 aliphatic heterocycles. The van der Waals surface area contributed by atoms with Gasteiger partial charge >= 0.3 is 0 Å². The van der Waals surface area contributed by atoms with Crippen LogP contribution in [0.2, 0.25) is 0 Å². The van der Waals surface area contributed by atoms with Crippen molar-refractivity contribution < 1.29 is 14.3 Å². The quantitative estimate of drug-likeness (QED) is 0.519. The van der Waals surface area contributed by atoms with Gasteiger partial charge in [-0.05, 0) is 23.1 Å². The van der Waals surface area contributed by atoms with Crippen molar-refractivity contribution in [2.45, 2.75) is 57.5 Å². The number of nitrogens with one attached hydrogen (secondary N) is 1. The highest BCUT2D eigenvalue weighted by molar-refractivity contribution is 5.83. The fourth-order valence-electron chi connectivity index (χ4n) is 3.08. The summed E-state index contributed by atoms with van der Waals surface area (Å²) in [6.45, 7) is 2.06. The minimum atomic E-state index is -0.346. The molecule has 1 aromatic carbocycles. The van der Waals surface area contributed by atoms with Gasteiger partial charge < -0.3 is 10.4 Å². The van der Waals surface area contributed by atoms with Crippen LogP contribution < -0.4 is 15.1 Å². The molecule has 1 atom stereocenters. The molecule has 0 spiro atoms. The van der Waals surface area contributed by atoms with Gasteiger partial charge in [0.25, 0.3) is 12.1 Å². The molecule has 1 aromatic heterocycles. The number of aromatic nitrogens is 2. The summed E-state index contributed by atoms with van der Waals surface area (Å²) in [5, 5.41) is 18.6. The molecule has 0 radical (unpaired) electrons. The summed E-state index contributed by atoms with van der Waals surface area (Å²) in [6.07, 6.45) is 8.10. The minimum Gasteiger partial charge on any atom is -0.846 e. The van der Waals surface area contributed by atoms with Crippen molar-refractivity contribution in [1.29, 1.82) is 0 Å². The van der Waals surface area contributed by atoms with E-state index in [-0.39, 0.29) is 18.1 Å². The molecule has 128 valence electrons. The van der Waals surface area contributed by atoms with Gasteiger partial charge in [-0.15, -0.1) is 0 Å². The molecule has 1 unspecified atom stereocenters. The van der Waals surface area contributed by atoms with Crippen LogP contribution in [0.15, 0.2) is 46.0 Å². The third kappa shape index (κ3) is 4.57. The molecule has 1 N–H and O–H groups in total. The molecule has 1 heterocycles. The van der Waals surface area contributed by atoms with Crippen LogP contribution in [0.1, 0.15) is 50.6 Å². The topological polar surface area (TPSA) is 77.4 Å². The van der Waals surface area contributed by atoms with Crippen molar-refractivity contribution >= 4 is 11.9 Å². The molecule has 1 fully saturated rings. The van der Waals surface area contributed by atoms with E-state index in [1.54, 1.807) is 10.9 Å². The van der Waals surface area contributed by atoms with Gasteiger partial charge in [0, 0.05) is 13.3 Å². The average Bonchev–Trinajstić information content (AvgIpc) is 3.05. The molecule has 0 amide bonds. The molecular weight excluding hydrogens is 304 g/mol. The summed E-state index contributed by atoms with van der Waals surface area (Å²) < 4.78 is 6.93. The van der Waals surface area contributed by atoms with Crippen molar-refractivity contribution in [1.82, 2.24) is 5.27 Å². The van der Waals surface area contributed by atoms with E-state index < -0.39 is 0 Å². The van der Waals surface area contributed by atoms with E-state index in [4.69, 9.17) is 4.52 Å². The molecular formula is C18H24N4O2. The fourth-order valence-corrected chi connectivity index (χ4v) is 3.08. The molecule has 1 saturated carbocycles. The number of hydrogen-bond acceptors (Lipinski definition) is 4. The minimum absolute atomic E-state index is 0.136. The Morgan fingerprint density at radius 1 is 1.33 bits per heavy atom. The number of nitrogens with zero attached hydrogens (tertiary/aromatic N) is 3. The summed E-state index contributed by atoms with van der Waals surface area (Å²) in [5.74, 6) is 0.333. The predicted octanol–water partition coefficient (Wildman–Crippen LogP) is 2.23. The normalized spacial score (nSPS) is 17.6. The van der Waals surface area contributed by atoms with E-state index >= 15 is 0 Å². The van der Waals surface area contributed by atoms with Crippen molar-refractivity contribution in [2.75, 3.05) is 5.32 Å². The predicted molar refractivity (Wildman–Crippen MR) is 89.5 cm³/mol. The SMILES string of the molecule is CC(Cc1ccccc1)[n+]1cc(NC([O-])=NC2CCCCC2)on1. The van der Waals surface area contributed by atoms with E-state index in [0.29, 0.717) is 5.88 Å². The van der Waals surface area contributed by atoms with Gasteiger partial charge in [-0.25, -0.2) is 0 Å². The molecule has 3 rings (SSSR count). The number of hydrogen-bond donors (Lipinski definition) is 1. The maximum Gasteiger partial charge on any atom is 0.300 e. The van der Waals surface area contributed by atoms with Crippen LogP contribution in [0.5, 0.6) is 0 Å². The van der Waals surface area contributed by atoms with Crippen molar-refractivity contribution in [3.63, 3.8) is 0 Å². The summed E-state index contributed by atoms with van der Waals surface area (Å²) >= 11 is 0. The maximum absolute atomic E-state index is 12.0. The first kappa shape index (κ1) is 16.5. The molecule has 1 aliphatic rings. The lowest BCUT2D eigenvalue weighted by molar-refractivity contribution is -0.782. The smallest absolute Gasteiger partial charge is 0.300 e. The van der Waals surface area contributed by atoms with Gasteiger partial charge in [-0.3, -0.25) is 9.52 Å². The first-order valence-electron chi connectivity index (χ1n) is 8.64. The van der Waals surface area contributed by atoms with Gasteiger partial charge in [0.05, 0.1) is 12.1 Å². The number of anilines is 1. The molecule has 6 heteroatoms. The number of rotatable bonds is 5. The van der Waals surface area contributed by atoms with E-state index in [2.05, 4.69) is 34.6 Å². The highest BCUT2D eigenvalue weighted by Crippen LogP contribution is 2.20. The summed E-state index contributed by atoms with van der Waals surface area (Å²) in [7, 11) is 0. The third-order valence-electron chi connectivity index (χ3n) is 4.41. The van der Waals surface area contributed by atoms with Crippen LogP contribution in [-0.4, -0.2) is 17.3 Å². The molecule has 2 aromatic rings. The Labute approximate surface area is 142 Å². The third-order valence-corrected chi connectivity index (χ3v) is 4.41. The molecule has 6 nitrogen and oxygen atoms in total. The van der Waals surface area contributed by atoms with Crippen molar-refractivity contribution in [3.05, 3.63) is 42.1 Å². The van der Waals surface area contributed by atoms with Gasteiger partial charge in [-0.2, -0.15) is 0 Å². The highest BCUT2D eigenvalue weighted by atomic mass is 16.5. The van der Waals surface area contributed by atoms with Crippen LogP contribution in [0, 0.1) is 0 Å². The fraction of sp³-hybridized carbons (Fsp3) is 0.500. The lowest BCUT2D eigenvalue weighted by Crippen LogP contribution is -2.40. The van der Waals surface area contributed by atoms with E-state index in [9.17, 15) is 5.11 Å². The van der Waals surface area contributed by atoms with E-state index in [1.165, 1.54) is 12.0 Å². The first-order chi connectivity index (χ1) is 11.7. The molecule has 24 heavy (non-hydrogen) atoms. The summed E-state index contributed by atoms with van der Waals surface area (Å²) in [4.78, 5) is 4.21. The van der Waals surface area contributed by atoms with E-state index in [1.807, 2.05) is 18.2 Å². The zero-order valence-electron chi connectivity index (χ0n) is 14.0. The second-order valence-electron chi connectivity index (χ2n) is 6.44. The number of amidine groups is 1. The average molecular weight is 328 g/mol. The summed E-state index contributed by atoms with van der Waals surface area (Å²) in [5.41, 5.74) is 1.23. The Bertz CT molecular complexity index is 663. The Morgan fingerprint density at radius 2 is 2.08 bits per heavy atom. The van der Waals surface area contributed by atoms with Crippen molar-refractivity contribution in [3.8, 4) is 0 Å². The standard InChI is InChI=1S/C18H24N4O2/c1-14(12-15-8-4-2-5-9-15)22-13-17(24-21-22)20-18(23)19-16-10-6-3-7-11-16/h2,4-5,8-9,13-14,16H,3,6-7,10-12H2,1H3,(H-,19,20,21,23). The lowest BCUT2D eigenvalue weighted by atomic mass is 9.96. The maximum atomic E-state index is 12.0. The Hall–Kier alpha value is -2.37. The first-order valence-corrected chi connectivity index (χ1v) is 8.64. The van der Waals surface area contributed by atoms with Gasteiger partial charge in [0.1, 0.15) is 0 Å². The largest absolute Gasteiger partial charge is 0.846 e. The Kier molecular flexibility index (Phi) is 5.46. The monoisotopic (exact) mass is 328 g/mol. The van der Waals surface area contributed by atoms with Crippen LogP contribution in [0.25, 0.3) is 0 Å². The number of aliphatic imine (C=N–C) groups is 1.